The molecule has 0 bridgehead atoms. The number of hydrogen-bond acceptors (Lipinski definition) is 4. The summed E-state index contributed by atoms with van der Waals surface area (Å²) in [7, 11) is 1.50. The van der Waals surface area contributed by atoms with Crippen molar-refractivity contribution in [1.82, 2.24) is 5.32 Å². The maximum atomic E-state index is 13.2. The Morgan fingerprint density at radius 1 is 1.00 bits per heavy atom. The lowest BCUT2D eigenvalue weighted by Gasteiger charge is -2.29. The monoisotopic (exact) mass is 466 g/mol. The number of rotatable bonds is 4. The van der Waals surface area contributed by atoms with Gasteiger partial charge in [-0.3, -0.25) is 10.1 Å². The Kier molecular flexibility index (Phi) is 5.67. The summed E-state index contributed by atoms with van der Waals surface area (Å²) in [5.41, 5.74) is 2.34. The predicted octanol–water partition coefficient (Wildman–Crippen LogP) is 6.19. The van der Waals surface area contributed by atoms with Gasteiger partial charge < -0.3 is 9.47 Å². The Bertz CT molecular complexity index is 1490. The molecule has 0 aliphatic carbocycles. The number of methoxy groups -OCH3 is 1. The highest BCUT2D eigenvalue weighted by Gasteiger charge is 2.33. The summed E-state index contributed by atoms with van der Waals surface area (Å²) < 4.78 is 11.6. The second kappa shape index (κ2) is 8.93. The van der Waals surface area contributed by atoms with Gasteiger partial charge in [0.05, 0.1) is 18.6 Å². The number of carbonyl (C=O) groups excluding carboxylic acids is 1. The highest BCUT2D eigenvalue weighted by atomic mass is 35.5. The van der Waals surface area contributed by atoms with Crippen LogP contribution in [0, 0.1) is 11.3 Å². The van der Waals surface area contributed by atoms with E-state index in [-0.39, 0.29) is 5.88 Å². The Balaban J connectivity index is 1.67. The molecule has 0 fully saturated rings. The first kappa shape index (κ1) is 21.6. The van der Waals surface area contributed by atoms with Gasteiger partial charge >= 0.3 is 0 Å². The number of nitriles is 1. The molecule has 0 spiro atoms. The summed E-state index contributed by atoms with van der Waals surface area (Å²) in [5, 5.41) is 15.5. The maximum Gasteiger partial charge on any atom is 0.261 e. The number of amides is 1. The summed E-state index contributed by atoms with van der Waals surface area (Å²) in [6.45, 7) is 0. The third kappa shape index (κ3) is 3.75. The van der Waals surface area contributed by atoms with Crippen LogP contribution >= 0.6 is 11.6 Å². The maximum absolute atomic E-state index is 13.2. The fourth-order valence-corrected chi connectivity index (χ4v) is 4.38. The van der Waals surface area contributed by atoms with Gasteiger partial charge in [-0.15, -0.1) is 0 Å². The van der Waals surface area contributed by atoms with Crippen molar-refractivity contribution in [2.24, 2.45) is 0 Å². The molecule has 1 aliphatic heterocycles. The van der Waals surface area contributed by atoms with Crippen LogP contribution in [0.15, 0.2) is 96.4 Å². The largest absolute Gasteiger partial charge is 0.496 e. The van der Waals surface area contributed by atoms with Crippen LogP contribution in [0.3, 0.4) is 0 Å². The highest BCUT2D eigenvalue weighted by molar-refractivity contribution is 6.30. The molecule has 0 unspecified atom stereocenters. The van der Waals surface area contributed by atoms with Gasteiger partial charge in [0, 0.05) is 16.0 Å². The van der Waals surface area contributed by atoms with E-state index in [1.807, 2.05) is 48.5 Å². The van der Waals surface area contributed by atoms with Gasteiger partial charge in [-0.25, -0.2) is 0 Å². The molecule has 0 saturated carbocycles. The molecule has 166 valence electrons. The molecular formula is C28H19ClN2O3. The van der Waals surface area contributed by atoms with Crippen molar-refractivity contribution in [3.63, 3.8) is 0 Å². The smallest absolute Gasteiger partial charge is 0.261 e. The number of ether oxygens (including phenoxy) is 2. The van der Waals surface area contributed by atoms with Gasteiger partial charge in [0.15, 0.2) is 0 Å². The third-order valence-corrected chi connectivity index (χ3v) is 6.11. The minimum atomic E-state index is -0.441. The lowest BCUT2D eigenvalue weighted by molar-refractivity contribution is 0.0945. The average Bonchev–Trinajstić information content (AvgIpc) is 2.88. The Labute approximate surface area is 201 Å². The molecular weight excluding hydrogens is 448 g/mol. The van der Waals surface area contributed by atoms with Crippen molar-refractivity contribution < 1.29 is 14.3 Å². The number of allylic oxidation sites excluding steroid dienone is 1. The molecule has 1 heterocycles. The summed E-state index contributed by atoms with van der Waals surface area (Å²) in [5.74, 6) is 0.256. The molecule has 0 radical (unpaired) electrons. The Morgan fingerprint density at radius 2 is 1.74 bits per heavy atom. The number of carbonyl (C=O) groups is 1. The number of fused-ring (bicyclic) bond motifs is 3. The molecule has 5 nitrogen and oxygen atoms in total. The van der Waals surface area contributed by atoms with Crippen molar-refractivity contribution in [2.45, 2.75) is 5.92 Å². The van der Waals surface area contributed by atoms with Crippen LogP contribution in [-0.2, 0) is 0 Å². The van der Waals surface area contributed by atoms with E-state index in [0.717, 1.165) is 21.9 Å². The SMILES string of the molecule is COc1ccccc1C(=O)NC1=C(C#N)[C@@H](c2ccc(Cl)cc2)c2ccc3ccccc3c2O1. The summed E-state index contributed by atoms with van der Waals surface area (Å²) >= 11 is 6.12. The van der Waals surface area contributed by atoms with Gasteiger partial charge in [-0.1, -0.05) is 72.3 Å². The van der Waals surface area contributed by atoms with Crippen LogP contribution in [0.4, 0.5) is 0 Å². The molecule has 0 saturated heterocycles. The van der Waals surface area contributed by atoms with E-state index in [2.05, 4.69) is 11.4 Å². The van der Waals surface area contributed by atoms with Crippen LogP contribution in [0.5, 0.6) is 11.5 Å². The second-order valence-corrected chi connectivity index (χ2v) is 8.24. The third-order valence-electron chi connectivity index (χ3n) is 5.86. The van der Waals surface area contributed by atoms with Crippen molar-refractivity contribution in [2.75, 3.05) is 7.11 Å². The number of hydrogen-bond donors (Lipinski definition) is 1. The van der Waals surface area contributed by atoms with E-state index in [1.165, 1.54) is 7.11 Å². The first-order valence-corrected chi connectivity index (χ1v) is 11.0. The number of nitrogens with zero attached hydrogens (tertiary/aromatic N) is 1. The molecule has 1 atom stereocenters. The molecule has 34 heavy (non-hydrogen) atoms. The molecule has 1 N–H and O–H groups in total. The fourth-order valence-electron chi connectivity index (χ4n) is 4.26. The van der Waals surface area contributed by atoms with Crippen LogP contribution in [0.25, 0.3) is 10.8 Å². The summed E-state index contributed by atoms with van der Waals surface area (Å²) in [4.78, 5) is 13.2. The quantitative estimate of drug-likeness (QED) is 0.389. The van der Waals surface area contributed by atoms with E-state index < -0.39 is 11.8 Å². The number of halogens is 1. The first-order valence-electron chi connectivity index (χ1n) is 10.6. The van der Waals surface area contributed by atoms with E-state index in [1.54, 1.807) is 36.4 Å². The van der Waals surface area contributed by atoms with Crippen molar-refractivity contribution in [3.05, 3.63) is 118 Å². The summed E-state index contributed by atoms with van der Waals surface area (Å²) in [6, 6.07) is 28.3. The molecule has 4 aromatic rings. The van der Waals surface area contributed by atoms with Crippen LogP contribution in [0.1, 0.15) is 27.4 Å². The fraction of sp³-hybridized carbons (Fsp3) is 0.0714. The topological polar surface area (TPSA) is 71.3 Å². The zero-order valence-corrected chi connectivity index (χ0v) is 19.0. The van der Waals surface area contributed by atoms with E-state index in [9.17, 15) is 10.1 Å². The number of benzene rings is 4. The van der Waals surface area contributed by atoms with Crippen molar-refractivity contribution in [1.29, 1.82) is 5.26 Å². The molecule has 5 rings (SSSR count). The highest BCUT2D eigenvalue weighted by Crippen LogP contribution is 2.45. The Morgan fingerprint density at radius 3 is 2.50 bits per heavy atom. The molecule has 0 aromatic heterocycles. The van der Waals surface area contributed by atoms with Gasteiger partial charge in [0.2, 0.25) is 5.88 Å². The molecule has 4 aromatic carbocycles. The minimum absolute atomic E-state index is 0.0993. The van der Waals surface area contributed by atoms with E-state index in [0.29, 0.717) is 27.7 Å². The van der Waals surface area contributed by atoms with Crippen molar-refractivity contribution in [3.8, 4) is 17.6 Å². The lowest BCUT2D eigenvalue weighted by atomic mass is 9.82. The molecule has 6 heteroatoms. The standard InChI is InChI=1S/C28H19ClN2O3/c1-33-24-9-5-4-8-21(24)27(32)31-28-23(16-30)25(18-10-13-19(29)14-11-18)22-15-12-17-6-2-3-7-20(17)26(22)34-28/h2-15,25H,1H3,(H,31,32)/t25-/m0/s1. The molecule has 1 aliphatic rings. The van der Waals surface area contributed by atoms with Gasteiger partial charge in [-0.2, -0.15) is 5.26 Å². The van der Waals surface area contributed by atoms with Crippen LogP contribution in [0.2, 0.25) is 5.02 Å². The normalized spacial score (nSPS) is 14.7. The van der Waals surface area contributed by atoms with E-state index >= 15 is 0 Å². The van der Waals surface area contributed by atoms with Crippen LogP contribution < -0.4 is 14.8 Å². The minimum Gasteiger partial charge on any atom is -0.496 e. The zero-order chi connectivity index (χ0) is 23.7. The summed E-state index contributed by atoms with van der Waals surface area (Å²) in [6.07, 6.45) is 0. The van der Waals surface area contributed by atoms with Gasteiger partial charge in [-0.05, 0) is 35.2 Å². The first-order chi connectivity index (χ1) is 16.6. The lowest BCUT2D eigenvalue weighted by Crippen LogP contribution is -2.31. The second-order valence-electron chi connectivity index (χ2n) is 7.80. The number of nitrogens with one attached hydrogen (secondary N) is 1. The zero-order valence-electron chi connectivity index (χ0n) is 18.2. The predicted molar refractivity (Wildman–Crippen MR) is 131 cm³/mol. The Hall–Kier alpha value is -4.27. The van der Waals surface area contributed by atoms with Crippen molar-refractivity contribution >= 4 is 28.3 Å². The van der Waals surface area contributed by atoms with Gasteiger partial charge in [0.1, 0.15) is 23.1 Å². The van der Waals surface area contributed by atoms with Gasteiger partial charge in [0.25, 0.3) is 5.91 Å². The van der Waals surface area contributed by atoms with E-state index in [4.69, 9.17) is 21.1 Å². The number of para-hydroxylation sites is 1. The molecule has 1 amide bonds. The average molecular weight is 467 g/mol. The van der Waals surface area contributed by atoms with Crippen LogP contribution in [-0.4, -0.2) is 13.0 Å².